The lowest BCUT2D eigenvalue weighted by Crippen LogP contribution is -2.38. The first-order valence-electron chi connectivity index (χ1n) is 16.2. The van der Waals surface area contributed by atoms with Gasteiger partial charge in [0, 0.05) is 0 Å². The van der Waals surface area contributed by atoms with Crippen molar-refractivity contribution in [2.45, 2.75) is 206 Å². The van der Waals surface area contributed by atoms with Crippen LogP contribution >= 0.6 is 0 Å². The van der Waals surface area contributed by atoms with Gasteiger partial charge in [0.05, 0.1) is 8.07 Å². The summed E-state index contributed by atoms with van der Waals surface area (Å²) in [5.41, 5.74) is 1.07. The highest BCUT2D eigenvalue weighted by Gasteiger charge is 2.36. The van der Waals surface area contributed by atoms with Crippen LogP contribution in [0.25, 0.3) is 0 Å². The summed E-state index contributed by atoms with van der Waals surface area (Å²) in [6.07, 6.45) is 34.0. The van der Waals surface area contributed by atoms with Gasteiger partial charge in [0.2, 0.25) is 0 Å². The van der Waals surface area contributed by atoms with E-state index in [1.54, 1.807) is 43.8 Å². The van der Waals surface area contributed by atoms with Crippen LogP contribution in [0.3, 0.4) is 0 Å². The van der Waals surface area contributed by atoms with Crippen LogP contribution in [0.2, 0.25) is 23.7 Å². The highest BCUT2D eigenvalue weighted by molar-refractivity contribution is 6.81. The molecule has 0 spiro atoms. The summed E-state index contributed by atoms with van der Waals surface area (Å²) < 4.78 is 0. The molecule has 0 amide bonds. The fourth-order valence-electron chi connectivity index (χ4n) is 6.07. The third-order valence-corrected chi connectivity index (χ3v) is 15.0. The summed E-state index contributed by atoms with van der Waals surface area (Å²) in [6, 6.07) is 4.99. The van der Waals surface area contributed by atoms with Crippen molar-refractivity contribution >= 4 is 8.07 Å². The molecule has 1 unspecified atom stereocenters. The Hall–Kier alpha value is 0.217. The van der Waals surface area contributed by atoms with E-state index in [1.165, 1.54) is 122 Å². The van der Waals surface area contributed by atoms with Gasteiger partial charge in [-0.3, -0.25) is 0 Å². The summed E-state index contributed by atoms with van der Waals surface area (Å²) in [7, 11) is -1.16. The van der Waals surface area contributed by atoms with Crippen LogP contribution in [0.5, 0.6) is 0 Å². The minimum atomic E-state index is -1.16. The Morgan fingerprint density at radius 2 is 0.636 bits per heavy atom. The molecular formula is C32H68Si. The lowest BCUT2D eigenvalue weighted by Gasteiger charge is -2.39. The van der Waals surface area contributed by atoms with Crippen LogP contribution in [-0.4, -0.2) is 8.07 Å². The lowest BCUT2D eigenvalue weighted by molar-refractivity contribution is 0.582. The van der Waals surface area contributed by atoms with Crippen molar-refractivity contribution in [3.05, 3.63) is 0 Å². The third-order valence-electron chi connectivity index (χ3n) is 8.62. The fraction of sp³-hybridized carbons (Fsp3) is 1.00. The number of rotatable bonds is 27. The molecule has 0 N–H and O–H groups in total. The monoisotopic (exact) mass is 481 g/mol. The summed E-state index contributed by atoms with van der Waals surface area (Å²) in [5, 5.41) is 0. The summed E-state index contributed by atoms with van der Waals surface area (Å²) in [4.78, 5) is 0. The molecule has 0 aliphatic heterocycles. The maximum atomic E-state index is 2.73. The number of hydrogen-bond donors (Lipinski definition) is 0. The fourth-order valence-corrected chi connectivity index (χ4v) is 12.0. The van der Waals surface area contributed by atoms with Gasteiger partial charge in [0.25, 0.3) is 0 Å². The first kappa shape index (κ1) is 33.2. The van der Waals surface area contributed by atoms with Crippen LogP contribution < -0.4 is 0 Å². The molecule has 0 rings (SSSR count). The average Bonchev–Trinajstić information content (AvgIpc) is 2.82. The Balaban J connectivity index is 4.95. The molecule has 0 heterocycles. The van der Waals surface area contributed by atoms with Gasteiger partial charge in [-0.05, 0) is 5.54 Å². The molecule has 0 aromatic rings. The molecule has 0 aliphatic rings. The third kappa shape index (κ3) is 19.1. The molecule has 0 saturated carbocycles. The second kappa shape index (κ2) is 25.3. The largest absolute Gasteiger partial charge is 0.0654 e. The lowest BCUT2D eigenvalue weighted by atomic mass is 10.1. The van der Waals surface area contributed by atoms with Gasteiger partial charge in [-0.15, -0.1) is 0 Å². The summed E-state index contributed by atoms with van der Waals surface area (Å²) >= 11 is 0. The van der Waals surface area contributed by atoms with Crippen molar-refractivity contribution in [3.8, 4) is 0 Å². The molecule has 0 aromatic carbocycles. The van der Waals surface area contributed by atoms with Gasteiger partial charge in [0.1, 0.15) is 0 Å². The van der Waals surface area contributed by atoms with Crippen molar-refractivity contribution in [1.82, 2.24) is 0 Å². The first-order valence-corrected chi connectivity index (χ1v) is 18.9. The SMILES string of the molecule is CCCCCCCC[Si](CCCCCCCC)(CCCCCCCC)C(C)CCCCCC. The predicted molar refractivity (Wildman–Crippen MR) is 158 cm³/mol. The molecular weight excluding hydrogens is 412 g/mol. The quantitative estimate of drug-likeness (QED) is 0.0809. The van der Waals surface area contributed by atoms with Crippen molar-refractivity contribution in [1.29, 1.82) is 0 Å². The van der Waals surface area contributed by atoms with Gasteiger partial charge < -0.3 is 0 Å². The van der Waals surface area contributed by atoms with E-state index in [4.69, 9.17) is 0 Å². The van der Waals surface area contributed by atoms with Gasteiger partial charge in [0.15, 0.2) is 0 Å². The van der Waals surface area contributed by atoms with Crippen molar-refractivity contribution < 1.29 is 0 Å². The zero-order valence-electron chi connectivity index (χ0n) is 24.5. The number of unbranched alkanes of at least 4 members (excludes halogenated alkanes) is 18. The average molecular weight is 481 g/mol. The Bertz CT molecular complexity index is 323. The summed E-state index contributed by atoms with van der Waals surface area (Å²) in [6.45, 7) is 12.1. The molecule has 33 heavy (non-hydrogen) atoms. The van der Waals surface area contributed by atoms with Crippen molar-refractivity contribution in [3.63, 3.8) is 0 Å². The molecule has 0 bridgehead atoms. The Morgan fingerprint density at radius 1 is 0.364 bits per heavy atom. The zero-order chi connectivity index (χ0) is 24.5. The van der Waals surface area contributed by atoms with Gasteiger partial charge in [-0.2, -0.15) is 0 Å². The highest BCUT2D eigenvalue weighted by atomic mass is 28.3. The Morgan fingerprint density at radius 3 is 0.970 bits per heavy atom. The molecule has 0 aliphatic carbocycles. The minimum absolute atomic E-state index is 1.07. The van der Waals surface area contributed by atoms with E-state index >= 15 is 0 Å². The topological polar surface area (TPSA) is 0 Å². The van der Waals surface area contributed by atoms with E-state index < -0.39 is 8.07 Å². The van der Waals surface area contributed by atoms with E-state index in [9.17, 15) is 0 Å². The van der Waals surface area contributed by atoms with Crippen LogP contribution in [0.4, 0.5) is 0 Å². The smallest absolute Gasteiger partial charge is 0.0564 e. The predicted octanol–water partition coefficient (Wildman–Crippen LogP) is 12.9. The minimum Gasteiger partial charge on any atom is -0.0654 e. The Labute approximate surface area is 213 Å². The van der Waals surface area contributed by atoms with Crippen molar-refractivity contribution in [2.75, 3.05) is 0 Å². The maximum Gasteiger partial charge on any atom is 0.0564 e. The summed E-state index contributed by atoms with van der Waals surface area (Å²) in [5.74, 6) is 0. The molecule has 1 heteroatoms. The highest BCUT2D eigenvalue weighted by Crippen LogP contribution is 2.41. The Kier molecular flexibility index (Phi) is 25.5. The first-order chi connectivity index (χ1) is 16.2. The van der Waals surface area contributed by atoms with Gasteiger partial charge in [-0.1, -0.05) is 200 Å². The second-order valence-electron chi connectivity index (χ2n) is 11.7. The molecule has 200 valence electrons. The van der Waals surface area contributed by atoms with Crippen LogP contribution in [0.15, 0.2) is 0 Å². The van der Waals surface area contributed by atoms with E-state index in [2.05, 4.69) is 34.6 Å². The van der Waals surface area contributed by atoms with E-state index in [1.807, 2.05) is 0 Å². The normalized spacial score (nSPS) is 13.0. The van der Waals surface area contributed by atoms with E-state index in [0.29, 0.717) is 0 Å². The molecule has 0 fully saturated rings. The molecule has 0 saturated heterocycles. The molecule has 0 nitrogen and oxygen atoms in total. The van der Waals surface area contributed by atoms with Crippen LogP contribution in [-0.2, 0) is 0 Å². The van der Waals surface area contributed by atoms with Gasteiger partial charge >= 0.3 is 0 Å². The maximum absolute atomic E-state index is 2.73. The van der Waals surface area contributed by atoms with Crippen LogP contribution in [0, 0.1) is 0 Å². The van der Waals surface area contributed by atoms with Crippen LogP contribution in [0.1, 0.15) is 182 Å². The van der Waals surface area contributed by atoms with E-state index in [-0.39, 0.29) is 0 Å². The number of hydrogen-bond acceptors (Lipinski definition) is 0. The van der Waals surface area contributed by atoms with Crippen molar-refractivity contribution in [2.24, 2.45) is 0 Å². The molecule has 1 atom stereocenters. The van der Waals surface area contributed by atoms with E-state index in [0.717, 1.165) is 5.54 Å². The zero-order valence-corrected chi connectivity index (χ0v) is 25.5. The standard InChI is InChI=1S/C32H68Si/c1-6-10-14-18-21-25-29-33(30-26-22-19-15-11-7-2,31-27-23-20-16-12-8-3)32(5)28-24-17-13-9-4/h32H,6-31H2,1-5H3. The second-order valence-corrected chi connectivity index (χ2v) is 16.9. The molecule has 0 radical (unpaired) electrons. The molecule has 0 aromatic heterocycles. The van der Waals surface area contributed by atoms with Gasteiger partial charge in [-0.25, -0.2) is 0 Å².